The molecule has 0 fully saturated rings. The quantitative estimate of drug-likeness (QED) is 0.530. The average molecular weight is 427 g/mol. The van der Waals surface area contributed by atoms with Gasteiger partial charge >= 0.3 is 0 Å². The molecule has 0 bridgehead atoms. The highest BCUT2D eigenvalue weighted by molar-refractivity contribution is 7.98. The van der Waals surface area contributed by atoms with Crippen molar-refractivity contribution in [2.75, 3.05) is 19.3 Å². The summed E-state index contributed by atoms with van der Waals surface area (Å²) in [5, 5.41) is 8.14. The molecule has 1 N–H and O–H groups in total. The molecule has 0 radical (unpaired) electrons. The van der Waals surface area contributed by atoms with Crippen molar-refractivity contribution >= 4 is 23.4 Å². The number of carbonyl (C=O) groups is 1. The Morgan fingerprint density at radius 3 is 2.40 bits per heavy atom. The maximum Gasteiger partial charge on any atom is 0.253 e. The Morgan fingerprint density at radius 1 is 1.10 bits per heavy atom. The molecule has 30 heavy (non-hydrogen) atoms. The Balaban J connectivity index is 1.62. The van der Waals surface area contributed by atoms with Gasteiger partial charge in [-0.3, -0.25) is 9.69 Å². The van der Waals surface area contributed by atoms with Crippen molar-refractivity contribution in [1.82, 2.24) is 29.8 Å². The molecule has 0 aliphatic carbocycles. The minimum absolute atomic E-state index is 0.0280. The summed E-state index contributed by atoms with van der Waals surface area (Å²) in [5.74, 6) is 0.545. The Bertz CT molecular complexity index is 1010. The Labute approximate surface area is 182 Å². The van der Waals surface area contributed by atoms with E-state index in [0.717, 1.165) is 42.1 Å². The molecule has 3 aromatic rings. The first-order valence-electron chi connectivity index (χ1n) is 10.3. The second kappa shape index (κ2) is 10.0. The summed E-state index contributed by atoms with van der Waals surface area (Å²) >= 11 is 1.48. The highest BCUT2D eigenvalue weighted by Crippen LogP contribution is 2.17. The second-order valence-electron chi connectivity index (χ2n) is 7.30. The third kappa shape index (κ3) is 5.17. The number of amides is 1. The fraction of sp³-hybridized carbons (Fsp3) is 0.455. The topological polar surface area (TPSA) is 75.4 Å². The van der Waals surface area contributed by atoms with Gasteiger partial charge in [0.1, 0.15) is 0 Å². The molecule has 0 unspecified atom stereocenters. The SMILES string of the molecule is CCN(CC)Cc1ccc(CNC(=O)Cc2c(C)nc3nc(SC)nn3c2C)cc1. The fourth-order valence-corrected chi connectivity index (χ4v) is 3.76. The van der Waals surface area contributed by atoms with Crippen molar-refractivity contribution in [3.63, 3.8) is 0 Å². The number of aryl methyl sites for hydroxylation is 2. The van der Waals surface area contributed by atoms with Crippen LogP contribution in [0.3, 0.4) is 0 Å². The third-order valence-corrected chi connectivity index (χ3v) is 5.90. The summed E-state index contributed by atoms with van der Waals surface area (Å²) < 4.78 is 1.72. The van der Waals surface area contributed by atoms with Crippen LogP contribution >= 0.6 is 11.8 Å². The molecule has 1 amide bonds. The van der Waals surface area contributed by atoms with Crippen LogP contribution in [0.25, 0.3) is 5.78 Å². The molecule has 160 valence electrons. The fourth-order valence-electron chi connectivity index (χ4n) is 3.42. The van der Waals surface area contributed by atoms with Gasteiger partial charge in [0.25, 0.3) is 5.78 Å². The molecule has 0 saturated heterocycles. The van der Waals surface area contributed by atoms with E-state index in [1.54, 1.807) is 4.52 Å². The van der Waals surface area contributed by atoms with Crippen molar-refractivity contribution in [1.29, 1.82) is 0 Å². The Hall–Kier alpha value is -2.45. The maximum atomic E-state index is 12.6. The zero-order chi connectivity index (χ0) is 21.7. The van der Waals surface area contributed by atoms with Crippen molar-refractivity contribution in [2.45, 2.75) is 52.4 Å². The van der Waals surface area contributed by atoms with Gasteiger partial charge in [-0.15, -0.1) is 5.10 Å². The molecular formula is C22H30N6OS. The van der Waals surface area contributed by atoms with Gasteiger partial charge in [-0.2, -0.15) is 4.98 Å². The second-order valence-corrected chi connectivity index (χ2v) is 8.08. The summed E-state index contributed by atoms with van der Waals surface area (Å²) in [6.07, 6.45) is 2.20. The van der Waals surface area contributed by atoms with E-state index in [1.807, 2.05) is 20.1 Å². The summed E-state index contributed by atoms with van der Waals surface area (Å²) in [6, 6.07) is 8.45. The van der Waals surface area contributed by atoms with Gasteiger partial charge in [-0.1, -0.05) is 49.9 Å². The van der Waals surface area contributed by atoms with Crippen molar-refractivity contribution in [3.8, 4) is 0 Å². The molecule has 3 rings (SSSR count). The molecule has 2 heterocycles. The first-order valence-corrected chi connectivity index (χ1v) is 11.5. The van der Waals surface area contributed by atoms with Crippen LogP contribution in [0.2, 0.25) is 0 Å². The Morgan fingerprint density at radius 2 is 1.77 bits per heavy atom. The minimum atomic E-state index is -0.0280. The van der Waals surface area contributed by atoms with E-state index in [-0.39, 0.29) is 12.3 Å². The number of carbonyl (C=O) groups excluding carboxylic acids is 1. The lowest BCUT2D eigenvalue weighted by atomic mass is 10.1. The summed E-state index contributed by atoms with van der Waals surface area (Å²) in [5.41, 5.74) is 5.00. The molecule has 0 spiro atoms. The molecule has 2 aromatic heterocycles. The standard InChI is InChI=1S/C22H30N6OS/c1-6-27(7-2)14-18-10-8-17(9-11-18)13-23-20(29)12-19-15(3)24-21-25-22(30-5)26-28(21)16(19)4/h8-11H,6-7,12-14H2,1-5H3,(H,23,29). The molecule has 0 atom stereocenters. The molecule has 0 saturated carbocycles. The minimum Gasteiger partial charge on any atom is -0.352 e. The number of hydrogen-bond acceptors (Lipinski definition) is 6. The Kier molecular flexibility index (Phi) is 7.44. The predicted octanol–water partition coefficient (Wildman–Crippen LogP) is 3.16. The van der Waals surface area contributed by atoms with Crippen LogP contribution in [0.4, 0.5) is 0 Å². The van der Waals surface area contributed by atoms with E-state index in [2.05, 4.69) is 63.4 Å². The van der Waals surface area contributed by atoms with E-state index in [9.17, 15) is 4.79 Å². The molecular weight excluding hydrogens is 396 g/mol. The van der Waals surface area contributed by atoms with E-state index in [1.165, 1.54) is 17.3 Å². The smallest absolute Gasteiger partial charge is 0.253 e. The van der Waals surface area contributed by atoms with Crippen LogP contribution in [-0.4, -0.2) is 49.7 Å². The number of benzene rings is 1. The average Bonchev–Trinajstić information content (AvgIpc) is 3.17. The molecule has 1 aromatic carbocycles. The van der Waals surface area contributed by atoms with Gasteiger partial charge in [0.05, 0.1) is 6.42 Å². The third-order valence-electron chi connectivity index (χ3n) is 5.36. The monoisotopic (exact) mass is 426 g/mol. The van der Waals surface area contributed by atoms with Crippen LogP contribution in [0, 0.1) is 13.8 Å². The van der Waals surface area contributed by atoms with Gasteiger partial charge in [0.15, 0.2) is 0 Å². The predicted molar refractivity (Wildman–Crippen MR) is 121 cm³/mol. The largest absolute Gasteiger partial charge is 0.352 e. The number of rotatable bonds is 9. The lowest BCUT2D eigenvalue weighted by molar-refractivity contribution is -0.120. The number of nitrogens with zero attached hydrogens (tertiary/aromatic N) is 5. The van der Waals surface area contributed by atoms with Crippen LogP contribution in [0.5, 0.6) is 0 Å². The van der Waals surface area contributed by atoms with Crippen LogP contribution < -0.4 is 5.32 Å². The van der Waals surface area contributed by atoms with E-state index in [0.29, 0.717) is 17.5 Å². The summed E-state index contributed by atoms with van der Waals surface area (Å²) in [6.45, 7) is 11.8. The number of nitrogens with one attached hydrogen (secondary N) is 1. The lowest BCUT2D eigenvalue weighted by Crippen LogP contribution is -2.26. The highest BCUT2D eigenvalue weighted by atomic mass is 32.2. The van der Waals surface area contributed by atoms with E-state index in [4.69, 9.17) is 0 Å². The maximum absolute atomic E-state index is 12.6. The molecule has 7 nitrogen and oxygen atoms in total. The lowest BCUT2D eigenvalue weighted by Gasteiger charge is -2.18. The normalized spacial score (nSPS) is 11.4. The van der Waals surface area contributed by atoms with Crippen LogP contribution in [-0.2, 0) is 24.3 Å². The van der Waals surface area contributed by atoms with Gasteiger partial charge in [-0.25, -0.2) is 9.50 Å². The zero-order valence-electron chi connectivity index (χ0n) is 18.4. The van der Waals surface area contributed by atoms with Gasteiger partial charge in [-0.05, 0) is 44.3 Å². The summed E-state index contributed by atoms with van der Waals surface area (Å²) in [4.78, 5) is 23.9. The van der Waals surface area contributed by atoms with Crippen molar-refractivity contribution in [2.24, 2.45) is 0 Å². The number of hydrogen-bond donors (Lipinski definition) is 1. The molecule has 8 heteroatoms. The van der Waals surface area contributed by atoms with Gasteiger partial charge in [0, 0.05) is 30.0 Å². The zero-order valence-corrected chi connectivity index (χ0v) is 19.2. The number of fused-ring (bicyclic) bond motifs is 1. The number of thioether (sulfide) groups is 1. The van der Waals surface area contributed by atoms with E-state index >= 15 is 0 Å². The highest BCUT2D eigenvalue weighted by Gasteiger charge is 2.16. The van der Waals surface area contributed by atoms with Crippen LogP contribution in [0.1, 0.15) is 41.9 Å². The first kappa shape index (κ1) is 22.2. The van der Waals surface area contributed by atoms with E-state index < -0.39 is 0 Å². The van der Waals surface area contributed by atoms with Gasteiger partial charge in [0.2, 0.25) is 11.1 Å². The summed E-state index contributed by atoms with van der Waals surface area (Å²) in [7, 11) is 0. The molecule has 0 aliphatic heterocycles. The van der Waals surface area contributed by atoms with Crippen LogP contribution in [0.15, 0.2) is 29.4 Å². The van der Waals surface area contributed by atoms with Gasteiger partial charge < -0.3 is 5.32 Å². The number of aromatic nitrogens is 4. The van der Waals surface area contributed by atoms with Crippen molar-refractivity contribution < 1.29 is 4.79 Å². The van der Waals surface area contributed by atoms with Crippen molar-refractivity contribution in [3.05, 3.63) is 52.3 Å². The molecule has 0 aliphatic rings. The first-order chi connectivity index (χ1) is 14.4.